The Morgan fingerprint density at radius 1 is 1.19 bits per heavy atom. The first kappa shape index (κ1) is 13.2. The van der Waals surface area contributed by atoms with Crippen molar-refractivity contribution in [2.45, 2.75) is 26.7 Å². The minimum Gasteiger partial charge on any atom is -0.329 e. The maximum Gasteiger partial charge on any atom is 0.0102 e. The van der Waals surface area contributed by atoms with Crippen LogP contribution in [0.5, 0.6) is 0 Å². The van der Waals surface area contributed by atoms with Crippen molar-refractivity contribution in [2.24, 2.45) is 5.73 Å². The van der Waals surface area contributed by atoms with Crippen molar-refractivity contribution in [3.05, 3.63) is 34.9 Å². The summed E-state index contributed by atoms with van der Waals surface area (Å²) in [5.74, 6) is 0. The molecule has 0 saturated carbocycles. The first-order valence-corrected chi connectivity index (χ1v) is 6.08. The van der Waals surface area contributed by atoms with Gasteiger partial charge in [-0.3, -0.25) is 0 Å². The van der Waals surface area contributed by atoms with Crippen LogP contribution < -0.4 is 5.73 Å². The summed E-state index contributed by atoms with van der Waals surface area (Å²) in [5, 5.41) is 0. The van der Waals surface area contributed by atoms with Gasteiger partial charge in [-0.05, 0) is 51.4 Å². The molecular formula is C14H24N2. The van der Waals surface area contributed by atoms with Crippen LogP contribution in [0.2, 0.25) is 0 Å². The molecule has 0 aliphatic heterocycles. The monoisotopic (exact) mass is 220 g/mol. The van der Waals surface area contributed by atoms with Gasteiger partial charge in [0.15, 0.2) is 0 Å². The average molecular weight is 220 g/mol. The zero-order chi connectivity index (χ0) is 12.0. The number of rotatable bonds is 6. The smallest absolute Gasteiger partial charge is 0.0102 e. The Labute approximate surface area is 99.5 Å². The number of likely N-dealkylation sites (N-methyl/N-ethyl adjacent to an activating group) is 1. The predicted octanol–water partition coefficient (Wildman–Crippen LogP) is 2.13. The lowest BCUT2D eigenvalue weighted by Gasteiger charge is -2.15. The lowest BCUT2D eigenvalue weighted by Crippen LogP contribution is -2.26. The molecule has 0 heterocycles. The third kappa shape index (κ3) is 4.33. The van der Waals surface area contributed by atoms with Gasteiger partial charge < -0.3 is 10.6 Å². The number of aryl methyl sites for hydroxylation is 3. The van der Waals surface area contributed by atoms with E-state index in [0.717, 1.165) is 19.6 Å². The summed E-state index contributed by atoms with van der Waals surface area (Å²) in [4.78, 5) is 2.30. The highest BCUT2D eigenvalue weighted by Crippen LogP contribution is 2.12. The fourth-order valence-corrected chi connectivity index (χ4v) is 1.94. The molecule has 0 radical (unpaired) electrons. The summed E-state index contributed by atoms with van der Waals surface area (Å²) < 4.78 is 0. The molecule has 0 bridgehead atoms. The zero-order valence-corrected chi connectivity index (χ0v) is 10.8. The molecule has 0 saturated heterocycles. The quantitative estimate of drug-likeness (QED) is 0.796. The SMILES string of the molecule is Cc1ccc(C)c(CCCN(C)CCN)c1. The van der Waals surface area contributed by atoms with Gasteiger partial charge in [-0.2, -0.15) is 0 Å². The molecule has 0 spiro atoms. The Morgan fingerprint density at radius 3 is 2.62 bits per heavy atom. The molecule has 0 unspecified atom stereocenters. The Kier molecular flexibility index (Phi) is 5.50. The Hall–Kier alpha value is -0.860. The topological polar surface area (TPSA) is 29.3 Å². The molecule has 1 aromatic rings. The van der Waals surface area contributed by atoms with Gasteiger partial charge in [-0.25, -0.2) is 0 Å². The molecule has 90 valence electrons. The summed E-state index contributed by atoms with van der Waals surface area (Å²) in [5.41, 5.74) is 9.77. The fourth-order valence-electron chi connectivity index (χ4n) is 1.94. The first-order chi connectivity index (χ1) is 7.63. The van der Waals surface area contributed by atoms with E-state index in [9.17, 15) is 0 Å². The van der Waals surface area contributed by atoms with Crippen LogP contribution in [0.4, 0.5) is 0 Å². The van der Waals surface area contributed by atoms with Crippen LogP contribution in [0.3, 0.4) is 0 Å². The van der Waals surface area contributed by atoms with E-state index in [0.29, 0.717) is 0 Å². The first-order valence-electron chi connectivity index (χ1n) is 6.08. The summed E-state index contributed by atoms with van der Waals surface area (Å²) in [6, 6.07) is 6.70. The molecular weight excluding hydrogens is 196 g/mol. The van der Waals surface area contributed by atoms with E-state index in [-0.39, 0.29) is 0 Å². The van der Waals surface area contributed by atoms with Crippen LogP contribution in [-0.2, 0) is 6.42 Å². The highest BCUT2D eigenvalue weighted by atomic mass is 15.1. The minimum atomic E-state index is 0.750. The molecule has 0 aliphatic rings. The van der Waals surface area contributed by atoms with E-state index in [2.05, 4.69) is 44.0 Å². The third-order valence-corrected chi connectivity index (χ3v) is 3.00. The standard InChI is InChI=1S/C14H24N2/c1-12-6-7-13(2)14(11-12)5-4-9-16(3)10-8-15/h6-7,11H,4-5,8-10,15H2,1-3H3. The van der Waals surface area contributed by atoms with E-state index in [1.807, 2.05) is 0 Å². The van der Waals surface area contributed by atoms with Gasteiger partial charge in [0.25, 0.3) is 0 Å². The molecule has 2 heteroatoms. The zero-order valence-electron chi connectivity index (χ0n) is 10.8. The van der Waals surface area contributed by atoms with Gasteiger partial charge in [0.05, 0.1) is 0 Å². The molecule has 2 nitrogen and oxygen atoms in total. The van der Waals surface area contributed by atoms with Gasteiger partial charge in [0, 0.05) is 13.1 Å². The molecule has 0 atom stereocenters. The third-order valence-electron chi connectivity index (χ3n) is 3.00. The highest BCUT2D eigenvalue weighted by Gasteiger charge is 2.00. The average Bonchev–Trinajstić information content (AvgIpc) is 2.23. The molecule has 0 fully saturated rings. The molecule has 2 N–H and O–H groups in total. The molecule has 0 amide bonds. The van der Waals surface area contributed by atoms with Crippen molar-refractivity contribution < 1.29 is 0 Å². The largest absolute Gasteiger partial charge is 0.329 e. The maximum atomic E-state index is 5.51. The van der Waals surface area contributed by atoms with Gasteiger partial charge >= 0.3 is 0 Å². The van der Waals surface area contributed by atoms with Gasteiger partial charge in [-0.1, -0.05) is 23.8 Å². The molecule has 0 aromatic heterocycles. The van der Waals surface area contributed by atoms with Crippen molar-refractivity contribution in [3.8, 4) is 0 Å². The van der Waals surface area contributed by atoms with E-state index in [1.165, 1.54) is 29.5 Å². The van der Waals surface area contributed by atoms with Crippen molar-refractivity contribution >= 4 is 0 Å². The second-order valence-corrected chi connectivity index (χ2v) is 4.63. The van der Waals surface area contributed by atoms with Crippen molar-refractivity contribution in [1.29, 1.82) is 0 Å². The number of nitrogens with two attached hydrogens (primary N) is 1. The van der Waals surface area contributed by atoms with Crippen LogP contribution in [-0.4, -0.2) is 31.6 Å². The normalized spacial score (nSPS) is 11.1. The molecule has 1 aromatic carbocycles. The summed E-state index contributed by atoms with van der Waals surface area (Å²) in [6.07, 6.45) is 2.38. The lowest BCUT2D eigenvalue weighted by molar-refractivity contribution is 0.338. The molecule has 0 aliphatic carbocycles. The van der Waals surface area contributed by atoms with Gasteiger partial charge in [-0.15, -0.1) is 0 Å². The van der Waals surface area contributed by atoms with Crippen LogP contribution in [0.1, 0.15) is 23.1 Å². The highest BCUT2D eigenvalue weighted by molar-refractivity contribution is 5.30. The second-order valence-electron chi connectivity index (χ2n) is 4.63. The van der Waals surface area contributed by atoms with E-state index in [4.69, 9.17) is 5.73 Å². The number of nitrogens with zero attached hydrogens (tertiary/aromatic N) is 1. The minimum absolute atomic E-state index is 0.750. The Morgan fingerprint density at radius 2 is 1.94 bits per heavy atom. The fraction of sp³-hybridized carbons (Fsp3) is 0.571. The number of benzene rings is 1. The lowest BCUT2D eigenvalue weighted by atomic mass is 10.0. The van der Waals surface area contributed by atoms with E-state index >= 15 is 0 Å². The van der Waals surface area contributed by atoms with Crippen molar-refractivity contribution in [3.63, 3.8) is 0 Å². The van der Waals surface area contributed by atoms with Gasteiger partial charge in [0.1, 0.15) is 0 Å². The van der Waals surface area contributed by atoms with E-state index < -0.39 is 0 Å². The van der Waals surface area contributed by atoms with Crippen LogP contribution in [0.25, 0.3) is 0 Å². The van der Waals surface area contributed by atoms with E-state index in [1.54, 1.807) is 0 Å². The summed E-state index contributed by atoms with van der Waals surface area (Å²) in [7, 11) is 2.13. The second kappa shape index (κ2) is 6.66. The Balaban J connectivity index is 2.39. The van der Waals surface area contributed by atoms with Crippen LogP contribution in [0.15, 0.2) is 18.2 Å². The maximum absolute atomic E-state index is 5.51. The van der Waals surface area contributed by atoms with Crippen molar-refractivity contribution in [2.75, 3.05) is 26.7 Å². The number of hydrogen-bond acceptors (Lipinski definition) is 2. The Bertz CT molecular complexity index is 321. The molecule has 1 rings (SSSR count). The van der Waals surface area contributed by atoms with Crippen LogP contribution >= 0.6 is 0 Å². The predicted molar refractivity (Wildman–Crippen MR) is 70.8 cm³/mol. The summed E-state index contributed by atoms with van der Waals surface area (Å²) in [6.45, 7) is 7.22. The number of hydrogen-bond donors (Lipinski definition) is 1. The van der Waals surface area contributed by atoms with Gasteiger partial charge in [0.2, 0.25) is 0 Å². The van der Waals surface area contributed by atoms with Crippen molar-refractivity contribution in [1.82, 2.24) is 4.90 Å². The molecule has 16 heavy (non-hydrogen) atoms. The van der Waals surface area contributed by atoms with Crippen LogP contribution in [0, 0.1) is 13.8 Å². The summed E-state index contributed by atoms with van der Waals surface area (Å²) >= 11 is 0.